The van der Waals surface area contributed by atoms with E-state index in [2.05, 4.69) is 24.7 Å². The standard InChI is InChI=1S/C23H18ClF2N5O5S/c1-27-23(32)31(22-4-3-16(12-28-22)37(33,34)30-21-5-6-36-29-21)19-11-18(26)17(10-20(19)35-2)13-7-14(24)9-15(25)8-13/h3-12H,1-2H3,(H,27,32)(H,29,30). The van der Waals surface area contributed by atoms with E-state index in [0.717, 1.165) is 29.3 Å². The number of ether oxygens (including phenoxy) is 1. The molecule has 2 heterocycles. The van der Waals surface area contributed by atoms with Crippen molar-refractivity contribution in [2.75, 3.05) is 23.8 Å². The van der Waals surface area contributed by atoms with E-state index in [0.29, 0.717) is 0 Å². The Labute approximate surface area is 214 Å². The summed E-state index contributed by atoms with van der Waals surface area (Å²) in [6, 6.07) is 8.92. The monoisotopic (exact) mass is 549 g/mol. The quantitative estimate of drug-likeness (QED) is 0.334. The number of carbonyl (C=O) groups is 1. The highest BCUT2D eigenvalue weighted by molar-refractivity contribution is 7.92. The van der Waals surface area contributed by atoms with Crippen LogP contribution < -0.4 is 19.7 Å². The molecule has 0 spiro atoms. The number of nitrogens with one attached hydrogen (secondary N) is 2. The van der Waals surface area contributed by atoms with Crippen molar-refractivity contribution in [3.05, 3.63) is 77.6 Å². The van der Waals surface area contributed by atoms with Crippen LogP contribution in [0.4, 0.5) is 30.9 Å². The lowest BCUT2D eigenvalue weighted by Crippen LogP contribution is -2.35. The molecule has 0 aliphatic carbocycles. The van der Waals surface area contributed by atoms with Crippen LogP contribution in [0.2, 0.25) is 5.02 Å². The summed E-state index contributed by atoms with van der Waals surface area (Å²) in [5.74, 6) is -1.49. The molecule has 4 aromatic rings. The summed E-state index contributed by atoms with van der Waals surface area (Å²) in [7, 11) is -1.40. The molecule has 0 saturated heterocycles. The average Bonchev–Trinajstić information content (AvgIpc) is 3.36. The third-order valence-corrected chi connectivity index (χ3v) is 6.60. The van der Waals surface area contributed by atoms with Gasteiger partial charge in [0.1, 0.15) is 34.4 Å². The minimum atomic E-state index is -4.06. The number of nitrogens with zero attached hydrogens (tertiary/aromatic N) is 3. The molecule has 0 atom stereocenters. The molecule has 4 rings (SSSR count). The lowest BCUT2D eigenvalue weighted by atomic mass is 10.0. The average molecular weight is 550 g/mol. The van der Waals surface area contributed by atoms with Gasteiger partial charge in [0.2, 0.25) is 0 Å². The lowest BCUT2D eigenvalue weighted by Gasteiger charge is -2.24. The number of anilines is 3. The molecule has 2 amide bonds. The number of methoxy groups -OCH3 is 1. The first-order valence-electron chi connectivity index (χ1n) is 10.4. The summed E-state index contributed by atoms with van der Waals surface area (Å²) in [4.78, 5) is 17.7. The van der Waals surface area contributed by atoms with Crippen molar-refractivity contribution < 1.29 is 31.3 Å². The third-order valence-electron chi connectivity index (χ3n) is 5.04. The second-order valence-corrected chi connectivity index (χ2v) is 9.51. The van der Waals surface area contributed by atoms with Gasteiger partial charge in [-0.1, -0.05) is 16.8 Å². The van der Waals surface area contributed by atoms with Gasteiger partial charge >= 0.3 is 6.03 Å². The number of sulfonamides is 1. The van der Waals surface area contributed by atoms with Gasteiger partial charge in [-0.25, -0.2) is 31.9 Å². The van der Waals surface area contributed by atoms with Crippen molar-refractivity contribution in [1.82, 2.24) is 15.5 Å². The molecular formula is C23H18ClF2N5O5S. The van der Waals surface area contributed by atoms with Crippen molar-refractivity contribution in [2.45, 2.75) is 4.90 Å². The van der Waals surface area contributed by atoms with Crippen LogP contribution in [0.3, 0.4) is 0 Å². The fourth-order valence-corrected chi connectivity index (χ4v) is 4.54. The second-order valence-electron chi connectivity index (χ2n) is 7.39. The van der Waals surface area contributed by atoms with E-state index in [1.54, 1.807) is 0 Å². The molecule has 2 aromatic heterocycles. The zero-order valence-corrected chi connectivity index (χ0v) is 20.8. The Morgan fingerprint density at radius 1 is 1.14 bits per heavy atom. The number of pyridine rings is 1. The maximum Gasteiger partial charge on any atom is 0.327 e. The number of rotatable bonds is 7. The summed E-state index contributed by atoms with van der Waals surface area (Å²) in [6.45, 7) is 0. The number of benzene rings is 2. The Morgan fingerprint density at radius 3 is 2.51 bits per heavy atom. The van der Waals surface area contributed by atoms with Gasteiger partial charge in [0.05, 0.1) is 12.8 Å². The number of aromatic nitrogens is 2. The molecule has 0 aliphatic heterocycles. The molecule has 0 aliphatic rings. The van der Waals surface area contributed by atoms with E-state index in [4.69, 9.17) is 16.3 Å². The summed E-state index contributed by atoms with van der Waals surface area (Å²) in [5, 5.41) is 5.98. The van der Waals surface area contributed by atoms with Crippen LogP contribution in [-0.4, -0.2) is 38.7 Å². The molecule has 0 unspecified atom stereocenters. The van der Waals surface area contributed by atoms with Crippen LogP contribution in [-0.2, 0) is 10.0 Å². The Balaban J connectivity index is 1.75. The van der Waals surface area contributed by atoms with Gasteiger partial charge in [0.15, 0.2) is 5.82 Å². The van der Waals surface area contributed by atoms with Crippen LogP contribution in [0.1, 0.15) is 0 Å². The summed E-state index contributed by atoms with van der Waals surface area (Å²) in [5.41, 5.74) is 0.0905. The van der Waals surface area contributed by atoms with E-state index in [1.165, 1.54) is 50.8 Å². The minimum absolute atomic E-state index is 0.0211. The Hall–Kier alpha value is -4.23. The van der Waals surface area contributed by atoms with Crippen LogP contribution in [0.15, 0.2) is 70.4 Å². The van der Waals surface area contributed by atoms with Crippen molar-refractivity contribution >= 4 is 45.0 Å². The predicted octanol–water partition coefficient (Wildman–Crippen LogP) is 4.96. The third kappa shape index (κ3) is 5.47. The molecule has 2 aromatic carbocycles. The summed E-state index contributed by atoms with van der Waals surface area (Å²) < 4.78 is 66.5. The van der Waals surface area contributed by atoms with Crippen LogP contribution in [0, 0.1) is 11.6 Å². The second kappa shape index (κ2) is 10.4. The van der Waals surface area contributed by atoms with Gasteiger partial charge in [-0.05, 0) is 42.0 Å². The summed E-state index contributed by atoms with van der Waals surface area (Å²) >= 11 is 5.91. The highest BCUT2D eigenvalue weighted by atomic mass is 35.5. The van der Waals surface area contributed by atoms with E-state index in [9.17, 15) is 17.6 Å². The molecule has 0 bridgehead atoms. The first kappa shape index (κ1) is 25.9. The molecule has 10 nitrogen and oxygen atoms in total. The topological polar surface area (TPSA) is 127 Å². The lowest BCUT2D eigenvalue weighted by molar-refractivity contribution is 0.250. The first-order chi connectivity index (χ1) is 17.6. The van der Waals surface area contributed by atoms with E-state index < -0.39 is 27.7 Å². The maximum atomic E-state index is 15.3. The van der Waals surface area contributed by atoms with Gasteiger partial charge in [-0.15, -0.1) is 0 Å². The normalized spacial score (nSPS) is 11.2. The zero-order valence-electron chi connectivity index (χ0n) is 19.2. The number of hydrogen-bond donors (Lipinski definition) is 2. The Bertz CT molecular complexity index is 1530. The number of carbonyl (C=O) groups excluding carboxylic acids is 1. The van der Waals surface area contributed by atoms with Gasteiger partial charge in [0, 0.05) is 36.0 Å². The van der Waals surface area contributed by atoms with Gasteiger partial charge in [0.25, 0.3) is 10.0 Å². The number of urea groups is 1. The first-order valence-corrected chi connectivity index (χ1v) is 12.2. The zero-order chi connectivity index (χ0) is 26.7. The van der Waals surface area contributed by atoms with Gasteiger partial charge in [-0.3, -0.25) is 4.72 Å². The highest BCUT2D eigenvalue weighted by Crippen LogP contribution is 2.39. The molecule has 14 heteroatoms. The van der Waals surface area contributed by atoms with E-state index >= 15 is 4.39 Å². The van der Waals surface area contributed by atoms with Crippen molar-refractivity contribution in [3.63, 3.8) is 0 Å². The predicted molar refractivity (Wildman–Crippen MR) is 131 cm³/mol. The van der Waals surface area contributed by atoms with Crippen LogP contribution in [0.25, 0.3) is 11.1 Å². The molecule has 37 heavy (non-hydrogen) atoms. The number of halogens is 3. The maximum absolute atomic E-state index is 15.3. The van der Waals surface area contributed by atoms with Gasteiger partial charge < -0.3 is 14.6 Å². The van der Waals surface area contributed by atoms with E-state index in [-0.39, 0.29) is 44.1 Å². The molecule has 0 fully saturated rings. The van der Waals surface area contributed by atoms with E-state index in [1.807, 2.05) is 0 Å². The number of hydrogen-bond acceptors (Lipinski definition) is 7. The SMILES string of the molecule is CNC(=O)N(c1ccc(S(=O)(=O)Nc2ccon2)cn1)c1cc(F)c(-c2cc(F)cc(Cl)c2)cc1OC. The van der Waals surface area contributed by atoms with Crippen LogP contribution in [0.5, 0.6) is 5.75 Å². The van der Waals surface area contributed by atoms with Crippen molar-refractivity contribution in [2.24, 2.45) is 0 Å². The molecule has 2 N–H and O–H groups in total. The molecule has 192 valence electrons. The largest absolute Gasteiger partial charge is 0.495 e. The fraction of sp³-hybridized carbons (Fsp3) is 0.0870. The minimum Gasteiger partial charge on any atom is -0.495 e. The summed E-state index contributed by atoms with van der Waals surface area (Å²) in [6.07, 6.45) is 2.21. The fourth-order valence-electron chi connectivity index (χ4n) is 3.39. The Kier molecular flexibility index (Phi) is 7.27. The Morgan fingerprint density at radius 2 is 1.92 bits per heavy atom. The van der Waals surface area contributed by atoms with Gasteiger partial charge in [-0.2, -0.15) is 0 Å². The molecular weight excluding hydrogens is 532 g/mol. The smallest absolute Gasteiger partial charge is 0.327 e. The van der Waals surface area contributed by atoms with Crippen molar-refractivity contribution in [3.8, 4) is 16.9 Å². The van der Waals surface area contributed by atoms with Crippen LogP contribution >= 0.6 is 11.6 Å². The van der Waals surface area contributed by atoms with Crippen molar-refractivity contribution in [1.29, 1.82) is 0 Å². The highest BCUT2D eigenvalue weighted by Gasteiger charge is 2.26. The molecule has 0 radical (unpaired) electrons. The molecule has 0 saturated carbocycles. The number of amides is 2.